The van der Waals surface area contributed by atoms with Crippen molar-refractivity contribution in [1.29, 1.82) is 0 Å². The molecule has 0 bridgehead atoms. The average molecular weight is 356 g/mol. The molecule has 0 amide bonds. The molecular formula is C10H3F3MoO5-4. The molecule has 1 aromatic rings. The van der Waals surface area contributed by atoms with Crippen LogP contribution in [-0.4, -0.2) is 17.3 Å². The van der Waals surface area contributed by atoms with Crippen molar-refractivity contribution in [3.63, 3.8) is 0 Å². The Hall–Kier alpha value is -1.48. The van der Waals surface area contributed by atoms with Gasteiger partial charge in [0.05, 0.1) is 4.79 Å². The van der Waals surface area contributed by atoms with Gasteiger partial charge in [0.2, 0.25) is 0 Å². The number of carbonyl (C=O) groups excluding carboxylic acids is 1. The van der Waals surface area contributed by atoms with Crippen LogP contribution < -0.4 is 0 Å². The molecular weight excluding hydrogens is 353 g/mol. The van der Waals surface area contributed by atoms with Gasteiger partial charge in [0.25, 0.3) is 0 Å². The zero-order valence-electron chi connectivity index (χ0n) is 8.75. The molecule has 0 radical (unpaired) electrons. The third-order valence-electron chi connectivity index (χ3n) is 0.609. The second kappa shape index (κ2) is 25.4. The predicted molar refractivity (Wildman–Crippen MR) is 43.8 cm³/mol. The minimum absolute atomic E-state index is 0. The van der Waals surface area contributed by atoms with Crippen LogP contribution in [0.5, 0.6) is 0 Å². The Morgan fingerprint density at radius 1 is 1.00 bits per heavy atom. The maximum absolute atomic E-state index is 10.6. The second-order valence-corrected chi connectivity index (χ2v) is 1.51. The minimum atomic E-state index is -4.97. The van der Waals surface area contributed by atoms with Crippen LogP contribution in [0.4, 0.5) is 13.2 Å². The van der Waals surface area contributed by atoms with Gasteiger partial charge in [-0.2, -0.15) is 13.2 Å². The minimum Gasteiger partial charge on any atom is -0.999 e. The summed E-state index contributed by atoms with van der Waals surface area (Å²) >= 11 is 0. The van der Waals surface area contributed by atoms with Gasteiger partial charge in [-0.1, -0.05) is 0 Å². The Bertz CT molecular complexity index is 296. The van der Waals surface area contributed by atoms with Crippen LogP contribution in [0.2, 0.25) is 0 Å². The molecule has 9 heteroatoms. The van der Waals surface area contributed by atoms with Crippen molar-refractivity contribution >= 4 is 5.97 Å². The summed E-state index contributed by atoms with van der Waals surface area (Å²) in [5.41, 5.74) is 0. The van der Waals surface area contributed by atoms with Gasteiger partial charge in [-0.05, 0) is 0 Å². The summed E-state index contributed by atoms with van der Waals surface area (Å²) in [6.07, 6.45) is -4.97. The number of hydrogen-bond acceptors (Lipinski definition) is 1. The molecule has 0 aliphatic carbocycles. The van der Waals surface area contributed by atoms with E-state index in [0.717, 1.165) is 0 Å². The van der Waals surface area contributed by atoms with Crippen molar-refractivity contribution in [3.05, 3.63) is 50.3 Å². The summed E-state index contributed by atoms with van der Waals surface area (Å²) in [5, 5.41) is 5.47. The molecule has 2 N–H and O–H groups in total. The molecule has 0 atom stereocenters. The van der Waals surface area contributed by atoms with E-state index >= 15 is 0 Å². The van der Waals surface area contributed by atoms with Crippen molar-refractivity contribution in [3.8, 4) is 0 Å². The number of halogens is 3. The molecule has 19 heavy (non-hydrogen) atoms. The Morgan fingerprint density at radius 2 is 1.21 bits per heavy atom. The third-order valence-corrected chi connectivity index (χ3v) is 0.609. The maximum Gasteiger partial charge on any atom is 0 e. The molecule has 0 fully saturated rings. The van der Waals surface area contributed by atoms with Crippen LogP contribution in [0.15, 0.2) is 6.07 Å². The first-order valence-corrected chi connectivity index (χ1v) is 3.21. The molecule has 104 valence electrons. The molecule has 0 saturated heterocycles. The van der Waals surface area contributed by atoms with E-state index in [2.05, 4.69) is 44.2 Å². The van der Waals surface area contributed by atoms with Gasteiger partial charge in [-0.15, -0.1) is 0 Å². The molecule has 0 spiro atoms. The normalized spacial score (nSPS) is 6.58. The van der Waals surface area contributed by atoms with E-state index in [9.17, 15) is 13.2 Å². The molecule has 1 rings (SSSR count). The van der Waals surface area contributed by atoms with Gasteiger partial charge in [-0.3, -0.25) is 0 Å². The van der Waals surface area contributed by atoms with Crippen molar-refractivity contribution in [2.75, 3.05) is 0 Å². The summed E-state index contributed by atoms with van der Waals surface area (Å²) < 4.78 is 54.4. The van der Waals surface area contributed by atoms with Crippen molar-refractivity contribution < 1.29 is 58.1 Å². The van der Waals surface area contributed by atoms with Crippen LogP contribution >= 0.6 is 0 Å². The SMILES string of the molecule is O=C([OH2+])C(F)(F)F.[C-]#[O+].[C-]#[O+].[C-]#[O+].[Mo].[c-]1[c-][c-][cH-][c-]1. The van der Waals surface area contributed by atoms with Crippen molar-refractivity contribution in [1.82, 2.24) is 0 Å². The fraction of sp³-hybridized carbons (Fsp3) is 0.100. The Kier molecular flexibility index (Phi) is 40.8. The smallest absolute Gasteiger partial charge is 0 e. The molecule has 0 saturated carbocycles. The fourth-order valence-electron chi connectivity index (χ4n) is 0.180. The van der Waals surface area contributed by atoms with Crippen LogP contribution in [0.1, 0.15) is 0 Å². The first kappa shape index (κ1) is 30.5. The van der Waals surface area contributed by atoms with Crippen LogP contribution in [0, 0.1) is 44.2 Å². The van der Waals surface area contributed by atoms with E-state index < -0.39 is 12.1 Å². The summed E-state index contributed by atoms with van der Waals surface area (Å²) in [4.78, 5) is 9.01. The molecule has 0 heterocycles. The molecule has 0 unspecified atom stereocenters. The number of hydrogen-bond donors (Lipinski definition) is 0. The fourth-order valence-corrected chi connectivity index (χ4v) is 0.180. The van der Waals surface area contributed by atoms with Crippen LogP contribution in [0.25, 0.3) is 0 Å². The molecule has 1 aromatic carbocycles. The van der Waals surface area contributed by atoms with Crippen LogP contribution in [-0.2, 0) is 39.8 Å². The van der Waals surface area contributed by atoms with E-state index in [-0.39, 0.29) is 21.1 Å². The first-order valence-electron chi connectivity index (χ1n) is 3.21. The monoisotopic (exact) mass is 358 g/mol. The molecule has 5 nitrogen and oxygen atoms in total. The zero-order chi connectivity index (χ0) is 15.6. The Morgan fingerprint density at radius 3 is 1.26 bits per heavy atom. The largest absolute Gasteiger partial charge is 0.999 e. The van der Waals surface area contributed by atoms with Gasteiger partial charge < -0.3 is 35.4 Å². The number of rotatable bonds is 0. The number of carbonyl (C=O) groups is 1. The van der Waals surface area contributed by atoms with E-state index in [0.29, 0.717) is 0 Å². The van der Waals surface area contributed by atoms with Crippen molar-refractivity contribution in [2.24, 2.45) is 0 Å². The molecule has 0 aliphatic rings. The van der Waals surface area contributed by atoms with E-state index in [1.807, 2.05) is 0 Å². The quantitative estimate of drug-likeness (QED) is 0.373. The van der Waals surface area contributed by atoms with Gasteiger partial charge >= 0.3 is 46.1 Å². The maximum atomic E-state index is 10.6. The topological polar surface area (TPSA) is 99.7 Å². The van der Waals surface area contributed by atoms with Gasteiger partial charge in [-0.25, -0.2) is 0 Å². The molecule has 0 aromatic heterocycles. The van der Waals surface area contributed by atoms with E-state index in [1.54, 1.807) is 6.07 Å². The predicted octanol–water partition coefficient (Wildman–Crippen LogP) is 0.291. The Labute approximate surface area is 121 Å². The second-order valence-electron chi connectivity index (χ2n) is 1.51. The summed E-state index contributed by atoms with van der Waals surface area (Å²) in [5.74, 6) is -2.51. The molecule has 0 aliphatic heterocycles. The first-order chi connectivity index (χ1) is 8.44. The third kappa shape index (κ3) is 38.4. The summed E-state index contributed by atoms with van der Waals surface area (Å²) in [6.45, 7) is 13.5. The average Bonchev–Trinajstić information content (AvgIpc) is 2.94. The standard InChI is InChI=1S/C5H.C2HF3O2.3CO.Mo/c1-2-4-5-3-1;3-2(4,5)1(6)7;3*1-2;/h1H;(H,6,7);;;;/q-5;;;;;/p+1. The van der Waals surface area contributed by atoms with Gasteiger partial charge in [0.1, 0.15) is 0 Å². The van der Waals surface area contributed by atoms with Gasteiger partial charge in [0, 0.05) is 21.1 Å². The zero-order valence-corrected chi connectivity index (χ0v) is 10.8. The van der Waals surface area contributed by atoms with Gasteiger partial charge in [0.15, 0.2) is 0 Å². The summed E-state index contributed by atoms with van der Waals surface area (Å²) in [6, 6.07) is 12.0. The van der Waals surface area contributed by atoms with Crippen molar-refractivity contribution in [2.45, 2.75) is 6.18 Å². The Balaban J connectivity index is -0.0000000482. The van der Waals surface area contributed by atoms with E-state index in [1.165, 1.54) is 0 Å². The number of alkyl halides is 3. The van der Waals surface area contributed by atoms with E-state index in [4.69, 9.17) is 23.9 Å². The van der Waals surface area contributed by atoms with Crippen LogP contribution in [0.3, 0.4) is 0 Å². The summed E-state index contributed by atoms with van der Waals surface area (Å²) in [7, 11) is 0.